The summed E-state index contributed by atoms with van der Waals surface area (Å²) in [6.45, 7) is -0.932. The van der Waals surface area contributed by atoms with Crippen molar-refractivity contribution in [2.24, 2.45) is 0 Å². The molecule has 0 aliphatic heterocycles. The third-order valence-electron chi connectivity index (χ3n) is 1.72. The zero-order chi connectivity index (χ0) is 13.8. The van der Waals surface area contributed by atoms with Crippen LogP contribution < -0.4 is 5.32 Å². The topological polar surface area (TPSA) is 77.3 Å². The molecule has 18 heavy (non-hydrogen) atoms. The highest BCUT2D eigenvalue weighted by molar-refractivity contribution is 9.10. The third-order valence-corrected chi connectivity index (χ3v) is 2.36. The highest BCUT2D eigenvalue weighted by atomic mass is 79.9. The third kappa shape index (κ3) is 4.45. The number of halogens is 4. The van der Waals surface area contributed by atoms with Crippen LogP contribution in [-0.2, 0) is 4.74 Å². The molecule has 0 aliphatic rings. The predicted octanol–water partition coefficient (Wildman–Crippen LogP) is 2.70. The molecule has 0 unspecified atom stereocenters. The molecule has 0 amide bonds. The summed E-state index contributed by atoms with van der Waals surface area (Å²) >= 11 is 2.96. The standard InChI is InChI=1S/C8H7BrF3N3O3/c9-5-1-2-13-7(6(5)15(16)17)14-3-4-18-8(10,11)12/h1-2H,3-4H2,(H,13,14). The van der Waals surface area contributed by atoms with Gasteiger partial charge in [-0.15, -0.1) is 13.2 Å². The zero-order valence-electron chi connectivity index (χ0n) is 8.70. The summed E-state index contributed by atoms with van der Waals surface area (Å²) in [4.78, 5) is 13.7. The first-order valence-electron chi connectivity index (χ1n) is 4.54. The molecule has 0 radical (unpaired) electrons. The number of anilines is 1. The number of nitrogens with one attached hydrogen (secondary N) is 1. The van der Waals surface area contributed by atoms with Crippen LogP contribution in [0, 0.1) is 10.1 Å². The second kappa shape index (κ2) is 5.96. The highest BCUT2D eigenvalue weighted by Crippen LogP contribution is 2.30. The van der Waals surface area contributed by atoms with Crippen molar-refractivity contribution in [3.05, 3.63) is 26.9 Å². The molecule has 0 saturated heterocycles. The first-order chi connectivity index (χ1) is 8.31. The van der Waals surface area contributed by atoms with E-state index < -0.39 is 17.9 Å². The Morgan fingerprint density at radius 2 is 2.22 bits per heavy atom. The minimum Gasteiger partial charge on any atom is -0.362 e. The van der Waals surface area contributed by atoms with Crippen molar-refractivity contribution in [2.75, 3.05) is 18.5 Å². The molecule has 100 valence electrons. The fourth-order valence-electron chi connectivity index (χ4n) is 1.07. The van der Waals surface area contributed by atoms with Crippen LogP contribution in [0.15, 0.2) is 16.7 Å². The Bertz CT molecular complexity index is 441. The summed E-state index contributed by atoms with van der Waals surface area (Å²) in [5.41, 5.74) is -0.343. The Morgan fingerprint density at radius 3 is 2.78 bits per heavy atom. The first kappa shape index (κ1) is 14.6. The lowest BCUT2D eigenvalue weighted by molar-refractivity contribution is -0.385. The van der Waals surface area contributed by atoms with Crippen LogP contribution in [0.3, 0.4) is 0 Å². The van der Waals surface area contributed by atoms with Crippen molar-refractivity contribution in [3.63, 3.8) is 0 Å². The molecule has 6 nitrogen and oxygen atoms in total. The summed E-state index contributed by atoms with van der Waals surface area (Å²) in [6, 6.07) is 1.36. The predicted molar refractivity (Wildman–Crippen MR) is 59.1 cm³/mol. The molecule has 1 aromatic heterocycles. The fraction of sp³-hybridized carbons (Fsp3) is 0.375. The molecule has 0 spiro atoms. The van der Waals surface area contributed by atoms with Gasteiger partial charge in [0, 0.05) is 12.7 Å². The molecule has 0 bridgehead atoms. The largest absolute Gasteiger partial charge is 0.522 e. The van der Waals surface area contributed by atoms with Crippen molar-refractivity contribution in [1.29, 1.82) is 0 Å². The van der Waals surface area contributed by atoms with E-state index in [9.17, 15) is 23.3 Å². The van der Waals surface area contributed by atoms with Gasteiger partial charge in [0.2, 0.25) is 5.82 Å². The lowest BCUT2D eigenvalue weighted by atomic mass is 10.4. The lowest BCUT2D eigenvalue weighted by Crippen LogP contribution is -2.19. The summed E-state index contributed by atoms with van der Waals surface area (Å²) < 4.78 is 38.7. The number of rotatable bonds is 5. The summed E-state index contributed by atoms with van der Waals surface area (Å²) in [5.74, 6) is -0.125. The van der Waals surface area contributed by atoms with Crippen molar-refractivity contribution < 1.29 is 22.8 Å². The normalized spacial score (nSPS) is 11.3. The monoisotopic (exact) mass is 329 g/mol. The first-order valence-corrected chi connectivity index (χ1v) is 5.34. The quantitative estimate of drug-likeness (QED) is 0.510. The van der Waals surface area contributed by atoms with Crippen molar-refractivity contribution >= 4 is 27.4 Å². The van der Waals surface area contributed by atoms with E-state index in [4.69, 9.17) is 0 Å². The fourth-order valence-corrected chi connectivity index (χ4v) is 1.52. The van der Waals surface area contributed by atoms with Crippen LogP contribution in [0.4, 0.5) is 24.7 Å². The summed E-state index contributed by atoms with van der Waals surface area (Å²) in [6.07, 6.45) is -3.44. The van der Waals surface area contributed by atoms with Gasteiger partial charge in [0.25, 0.3) is 0 Å². The van der Waals surface area contributed by atoms with Gasteiger partial charge in [0.05, 0.1) is 11.5 Å². The van der Waals surface area contributed by atoms with Gasteiger partial charge in [0.1, 0.15) is 4.47 Å². The average molecular weight is 330 g/mol. The maximum Gasteiger partial charge on any atom is 0.522 e. The maximum absolute atomic E-state index is 11.7. The van der Waals surface area contributed by atoms with Crippen LogP contribution in [0.1, 0.15) is 0 Å². The van der Waals surface area contributed by atoms with Gasteiger partial charge in [0.15, 0.2) is 0 Å². The van der Waals surface area contributed by atoms with E-state index in [1.54, 1.807) is 0 Å². The van der Waals surface area contributed by atoms with Gasteiger partial charge in [-0.3, -0.25) is 14.9 Å². The molecular formula is C8H7BrF3N3O3. The van der Waals surface area contributed by atoms with E-state index in [0.717, 1.165) is 0 Å². The molecular weight excluding hydrogens is 323 g/mol. The molecule has 1 heterocycles. The minimum absolute atomic E-state index is 0.125. The SMILES string of the molecule is O=[N+]([O-])c1c(Br)ccnc1NCCOC(F)(F)F. The van der Waals surface area contributed by atoms with E-state index in [0.29, 0.717) is 0 Å². The van der Waals surface area contributed by atoms with Gasteiger partial charge in [-0.2, -0.15) is 0 Å². The van der Waals surface area contributed by atoms with Crippen LogP contribution >= 0.6 is 15.9 Å². The smallest absolute Gasteiger partial charge is 0.362 e. The molecule has 1 N–H and O–H groups in total. The van der Waals surface area contributed by atoms with E-state index >= 15 is 0 Å². The van der Waals surface area contributed by atoms with Gasteiger partial charge >= 0.3 is 12.0 Å². The number of nitro groups is 1. The number of aromatic nitrogens is 1. The van der Waals surface area contributed by atoms with Crippen molar-refractivity contribution in [2.45, 2.75) is 6.36 Å². The lowest BCUT2D eigenvalue weighted by Gasteiger charge is -2.09. The van der Waals surface area contributed by atoms with Crippen molar-refractivity contribution in [1.82, 2.24) is 4.98 Å². The number of alkyl halides is 3. The second-order valence-electron chi connectivity index (χ2n) is 2.97. The summed E-state index contributed by atoms with van der Waals surface area (Å²) in [5, 5.41) is 13.1. The molecule has 0 atom stereocenters. The van der Waals surface area contributed by atoms with Gasteiger partial charge in [-0.1, -0.05) is 0 Å². The summed E-state index contributed by atoms with van der Waals surface area (Å²) in [7, 11) is 0. The molecule has 10 heteroatoms. The molecule has 0 saturated carbocycles. The maximum atomic E-state index is 11.7. The Kier molecular flexibility index (Phi) is 4.84. The molecule has 0 aromatic carbocycles. The Hall–Kier alpha value is -1.42. The number of nitrogens with zero attached hydrogens (tertiary/aromatic N) is 2. The molecule has 1 rings (SSSR count). The molecule has 1 aromatic rings. The van der Waals surface area contributed by atoms with Gasteiger partial charge < -0.3 is 5.32 Å². The van der Waals surface area contributed by atoms with E-state index in [1.165, 1.54) is 12.3 Å². The van der Waals surface area contributed by atoms with Crippen LogP contribution in [-0.4, -0.2) is 29.4 Å². The molecule has 0 fully saturated rings. The number of hydrogen-bond donors (Lipinski definition) is 1. The Balaban J connectivity index is 2.63. The average Bonchev–Trinajstić information content (AvgIpc) is 2.22. The highest BCUT2D eigenvalue weighted by Gasteiger charge is 2.28. The molecule has 0 aliphatic carbocycles. The number of ether oxygens (including phenoxy) is 1. The van der Waals surface area contributed by atoms with Gasteiger partial charge in [-0.25, -0.2) is 4.98 Å². The number of pyridine rings is 1. The second-order valence-corrected chi connectivity index (χ2v) is 3.82. The van der Waals surface area contributed by atoms with E-state index in [-0.39, 0.29) is 22.5 Å². The minimum atomic E-state index is -4.72. The Morgan fingerprint density at radius 1 is 1.56 bits per heavy atom. The van der Waals surface area contributed by atoms with E-state index in [1.807, 2.05) is 0 Å². The van der Waals surface area contributed by atoms with Crippen molar-refractivity contribution in [3.8, 4) is 0 Å². The van der Waals surface area contributed by atoms with Crippen LogP contribution in [0.25, 0.3) is 0 Å². The van der Waals surface area contributed by atoms with Gasteiger partial charge in [-0.05, 0) is 22.0 Å². The van der Waals surface area contributed by atoms with Crippen LogP contribution in [0.2, 0.25) is 0 Å². The Labute approximate surface area is 107 Å². The van der Waals surface area contributed by atoms with Crippen LogP contribution in [0.5, 0.6) is 0 Å². The number of hydrogen-bond acceptors (Lipinski definition) is 5. The zero-order valence-corrected chi connectivity index (χ0v) is 10.3. The van der Waals surface area contributed by atoms with E-state index in [2.05, 4.69) is 31.0 Å².